The number of carbonyl (C=O) groups is 1. The lowest BCUT2D eigenvalue weighted by Crippen LogP contribution is -2.26. The van der Waals surface area contributed by atoms with Crippen LogP contribution in [0.2, 0.25) is 0 Å². The van der Waals surface area contributed by atoms with Gasteiger partial charge in [-0.3, -0.25) is 4.79 Å². The Labute approximate surface area is 113 Å². The van der Waals surface area contributed by atoms with E-state index in [1.807, 2.05) is 25.8 Å². The number of nitrogens with two attached hydrogens (primary N) is 1. The fourth-order valence-electron chi connectivity index (χ4n) is 1.65. The second-order valence-corrected chi connectivity index (χ2v) is 5.10. The predicted molar refractivity (Wildman–Crippen MR) is 76.8 cm³/mol. The van der Waals surface area contributed by atoms with E-state index in [1.54, 1.807) is 19.1 Å². The van der Waals surface area contributed by atoms with E-state index in [-0.39, 0.29) is 30.2 Å². The summed E-state index contributed by atoms with van der Waals surface area (Å²) in [6.07, 6.45) is 0.218. The number of halogens is 1. The van der Waals surface area contributed by atoms with Crippen LogP contribution >= 0.6 is 0 Å². The summed E-state index contributed by atoms with van der Waals surface area (Å²) in [6.45, 7) is 5.72. The third-order valence-electron chi connectivity index (χ3n) is 2.89. The largest absolute Gasteiger partial charge is 0.370 e. The van der Waals surface area contributed by atoms with Gasteiger partial charge in [0.15, 0.2) is 0 Å². The van der Waals surface area contributed by atoms with Crippen molar-refractivity contribution in [1.29, 1.82) is 0 Å². The fourth-order valence-corrected chi connectivity index (χ4v) is 1.65. The Bertz CT molecular complexity index is 446. The first-order valence-corrected chi connectivity index (χ1v) is 6.39. The lowest BCUT2D eigenvalue weighted by atomic mass is 10.2. The van der Waals surface area contributed by atoms with Gasteiger partial charge in [0.05, 0.1) is 5.69 Å². The van der Waals surface area contributed by atoms with Crippen LogP contribution in [-0.2, 0) is 4.79 Å². The fraction of sp³-hybridized carbons (Fsp3) is 0.500. The molecule has 1 aromatic rings. The normalized spacial score (nSPS) is 12.4. The maximum Gasteiger partial charge on any atom is 0.225 e. The first-order chi connectivity index (χ1) is 8.81. The minimum atomic E-state index is -0.352. The summed E-state index contributed by atoms with van der Waals surface area (Å²) in [5.74, 6) is -0.561. The summed E-state index contributed by atoms with van der Waals surface area (Å²) in [5, 5.41) is 2.63. The zero-order valence-corrected chi connectivity index (χ0v) is 11.9. The van der Waals surface area contributed by atoms with Gasteiger partial charge in [-0.15, -0.1) is 0 Å². The van der Waals surface area contributed by atoms with Crippen molar-refractivity contribution in [2.24, 2.45) is 5.73 Å². The van der Waals surface area contributed by atoms with Crippen LogP contribution in [0.25, 0.3) is 0 Å². The number of rotatable bonds is 5. The van der Waals surface area contributed by atoms with E-state index < -0.39 is 0 Å². The molecule has 3 N–H and O–H groups in total. The molecule has 1 atom stereocenters. The Morgan fingerprint density at radius 3 is 2.53 bits per heavy atom. The molecule has 0 fully saturated rings. The van der Waals surface area contributed by atoms with Crippen molar-refractivity contribution in [2.75, 3.05) is 17.3 Å². The van der Waals surface area contributed by atoms with Gasteiger partial charge in [0.25, 0.3) is 0 Å². The average Bonchev–Trinajstić information content (AvgIpc) is 2.26. The molecule has 0 saturated heterocycles. The molecule has 0 spiro atoms. The molecule has 0 bridgehead atoms. The molecular weight excluding hydrogens is 245 g/mol. The zero-order chi connectivity index (χ0) is 14.6. The minimum absolute atomic E-state index is 0.202. The molecule has 5 heteroatoms. The Morgan fingerprint density at radius 1 is 1.42 bits per heavy atom. The number of hydrogen-bond donors (Lipinski definition) is 2. The molecule has 1 aromatic carbocycles. The molecule has 0 aliphatic carbocycles. The van der Waals surface area contributed by atoms with Gasteiger partial charge in [0, 0.05) is 31.2 Å². The monoisotopic (exact) mass is 267 g/mol. The first kappa shape index (κ1) is 15.4. The highest BCUT2D eigenvalue weighted by Gasteiger charge is 2.12. The molecule has 1 unspecified atom stereocenters. The topological polar surface area (TPSA) is 58.4 Å². The third kappa shape index (κ3) is 4.52. The maximum atomic E-state index is 14.0. The number of nitrogens with one attached hydrogen (secondary N) is 1. The Morgan fingerprint density at radius 2 is 2.05 bits per heavy atom. The zero-order valence-electron chi connectivity index (χ0n) is 11.9. The summed E-state index contributed by atoms with van der Waals surface area (Å²) in [6, 6.07) is 4.67. The smallest absolute Gasteiger partial charge is 0.225 e. The molecule has 106 valence electrons. The Hall–Kier alpha value is -1.62. The van der Waals surface area contributed by atoms with Crippen LogP contribution in [0.1, 0.15) is 27.2 Å². The number of benzene rings is 1. The highest BCUT2D eigenvalue weighted by molar-refractivity contribution is 5.91. The number of hydrogen-bond acceptors (Lipinski definition) is 3. The van der Waals surface area contributed by atoms with Crippen molar-refractivity contribution >= 4 is 17.3 Å². The number of nitrogens with zero attached hydrogens (tertiary/aromatic N) is 1. The first-order valence-electron chi connectivity index (χ1n) is 6.39. The molecule has 19 heavy (non-hydrogen) atoms. The van der Waals surface area contributed by atoms with Gasteiger partial charge >= 0.3 is 0 Å². The Kier molecular flexibility index (Phi) is 5.30. The minimum Gasteiger partial charge on any atom is -0.370 e. The van der Waals surface area contributed by atoms with Crippen LogP contribution in [0.5, 0.6) is 0 Å². The van der Waals surface area contributed by atoms with Gasteiger partial charge in [0.1, 0.15) is 5.82 Å². The standard InChI is InChI=1S/C14H22FN3O/c1-9(2)18(4)13-6-5-11(8-12(13)15)17-14(19)7-10(3)16/h5-6,8-10H,7,16H2,1-4H3,(H,17,19). The van der Waals surface area contributed by atoms with Crippen molar-refractivity contribution < 1.29 is 9.18 Å². The van der Waals surface area contributed by atoms with E-state index in [0.29, 0.717) is 11.4 Å². The van der Waals surface area contributed by atoms with Crippen molar-refractivity contribution in [1.82, 2.24) is 0 Å². The van der Waals surface area contributed by atoms with Gasteiger partial charge in [0.2, 0.25) is 5.91 Å². The van der Waals surface area contributed by atoms with E-state index in [2.05, 4.69) is 5.32 Å². The van der Waals surface area contributed by atoms with Gasteiger partial charge in [-0.1, -0.05) is 0 Å². The molecule has 0 aliphatic heterocycles. The molecule has 0 saturated carbocycles. The van der Waals surface area contributed by atoms with E-state index >= 15 is 0 Å². The predicted octanol–water partition coefficient (Wildman–Crippen LogP) is 2.35. The molecule has 1 rings (SSSR count). The van der Waals surface area contributed by atoms with Crippen molar-refractivity contribution in [2.45, 2.75) is 39.3 Å². The lowest BCUT2D eigenvalue weighted by Gasteiger charge is -2.24. The van der Waals surface area contributed by atoms with Gasteiger partial charge in [-0.05, 0) is 39.0 Å². The molecule has 4 nitrogen and oxygen atoms in total. The van der Waals surface area contributed by atoms with Crippen LogP contribution in [-0.4, -0.2) is 25.0 Å². The number of carbonyl (C=O) groups excluding carboxylic acids is 1. The summed E-state index contributed by atoms with van der Waals surface area (Å²) in [4.78, 5) is 13.4. The molecule has 1 amide bonds. The maximum absolute atomic E-state index is 14.0. The van der Waals surface area contributed by atoms with Gasteiger partial charge < -0.3 is 16.0 Å². The van der Waals surface area contributed by atoms with Crippen molar-refractivity contribution in [3.63, 3.8) is 0 Å². The van der Waals surface area contributed by atoms with Crippen molar-refractivity contribution in [3.05, 3.63) is 24.0 Å². The molecular formula is C14H22FN3O. The number of anilines is 2. The second kappa shape index (κ2) is 6.52. The molecule has 0 aromatic heterocycles. The molecule has 0 heterocycles. The van der Waals surface area contributed by atoms with E-state index in [0.717, 1.165) is 0 Å². The highest BCUT2D eigenvalue weighted by atomic mass is 19.1. The van der Waals surface area contributed by atoms with Crippen LogP contribution in [0.15, 0.2) is 18.2 Å². The molecule has 0 radical (unpaired) electrons. The lowest BCUT2D eigenvalue weighted by molar-refractivity contribution is -0.116. The van der Waals surface area contributed by atoms with Crippen LogP contribution < -0.4 is 16.0 Å². The highest BCUT2D eigenvalue weighted by Crippen LogP contribution is 2.23. The summed E-state index contributed by atoms with van der Waals surface area (Å²) in [5.41, 5.74) is 6.49. The Balaban J connectivity index is 2.80. The molecule has 0 aliphatic rings. The summed E-state index contributed by atoms with van der Waals surface area (Å²) in [7, 11) is 1.83. The number of amides is 1. The van der Waals surface area contributed by atoms with Crippen molar-refractivity contribution in [3.8, 4) is 0 Å². The van der Waals surface area contributed by atoms with Crippen LogP contribution in [0, 0.1) is 5.82 Å². The van der Waals surface area contributed by atoms with Crippen LogP contribution in [0.4, 0.5) is 15.8 Å². The average molecular weight is 267 g/mol. The second-order valence-electron chi connectivity index (χ2n) is 5.10. The third-order valence-corrected chi connectivity index (χ3v) is 2.89. The van der Waals surface area contributed by atoms with Gasteiger partial charge in [-0.2, -0.15) is 0 Å². The van der Waals surface area contributed by atoms with E-state index in [9.17, 15) is 9.18 Å². The van der Waals surface area contributed by atoms with Crippen LogP contribution in [0.3, 0.4) is 0 Å². The van der Waals surface area contributed by atoms with E-state index in [4.69, 9.17) is 5.73 Å². The summed E-state index contributed by atoms with van der Waals surface area (Å²) >= 11 is 0. The van der Waals surface area contributed by atoms with E-state index in [1.165, 1.54) is 6.07 Å². The SMILES string of the molecule is CC(N)CC(=O)Nc1ccc(N(C)C(C)C)c(F)c1. The summed E-state index contributed by atoms with van der Waals surface area (Å²) < 4.78 is 14.0. The quantitative estimate of drug-likeness (QED) is 0.861. The van der Waals surface area contributed by atoms with Gasteiger partial charge in [-0.25, -0.2) is 4.39 Å².